The van der Waals surface area contributed by atoms with Crippen LogP contribution in [0.4, 0.5) is 0 Å². The number of hydrogen-bond acceptors (Lipinski definition) is 2. The minimum Gasteiger partial charge on any atom is -0.497 e. The Kier molecular flexibility index (Phi) is 3.82. The SMILES string of the molecule is COc1ccc(OCCn2c(C)cc3ccccc32)cc1. The van der Waals surface area contributed by atoms with Crippen LogP contribution in [0.2, 0.25) is 0 Å². The highest BCUT2D eigenvalue weighted by molar-refractivity contribution is 5.81. The van der Waals surface area contributed by atoms with Crippen LogP contribution in [-0.2, 0) is 6.54 Å². The van der Waals surface area contributed by atoms with E-state index in [0.29, 0.717) is 6.61 Å². The van der Waals surface area contributed by atoms with Gasteiger partial charge in [-0.2, -0.15) is 0 Å². The zero-order chi connectivity index (χ0) is 14.7. The first-order valence-electron chi connectivity index (χ1n) is 7.09. The molecule has 0 spiro atoms. The summed E-state index contributed by atoms with van der Waals surface area (Å²) in [6.45, 7) is 3.62. The zero-order valence-corrected chi connectivity index (χ0v) is 12.4. The molecule has 3 aromatic rings. The lowest BCUT2D eigenvalue weighted by atomic mass is 10.2. The van der Waals surface area contributed by atoms with Crippen LogP contribution in [-0.4, -0.2) is 18.3 Å². The van der Waals surface area contributed by atoms with Gasteiger partial charge >= 0.3 is 0 Å². The molecule has 3 rings (SSSR count). The molecule has 1 aromatic heterocycles. The number of methoxy groups -OCH3 is 1. The summed E-state index contributed by atoms with van der Waals surface area (Å²) in [5.41, 5.74) is 2.52. The van der Waals surface area contributed by atoms with Crippen LogP contribution < -0.4 is 9.47 Å². The molecule has 0 bridgehead atoms. The van der Waals surface area contributed by atoms with E-state index in [2.05, 4.69) is 41.8 Å². The van der Waals surface area contributed by atoms with Gasteiger partial charge in [0.2, 0.25) is 0 Å². The summed E-state index contributed by atoms with van der Waals surface area (Å²) in [5.74, 6) is 1.71. The minimum atomic E-state index is 0.645. The predicted molar refractivity (Wildman–Crippen MR) is 85.2 cm³/mol. The Balaban J connectivity index is 1.67. The second-order valence-electron chi connectivity index (χ2n) is 5.02. The summed E-state index contributed by atoms with van der Waals surface area (Å²) in [4.78, 5) is 0. The number of benzene rings is 2. The third-order valence-corrected chi connectivity index (χ3v) is 3.66. The van der Waals surface area contributed by atoms with Crippen LogP contribution in [0.3, 0.4) is 0 Å². The summed E-state index contributed by atoms with van der Waals surface area (Å²) in [5, 5.41) is 1.28. The molecule has 2 aromatic carbocycles. The number of ether oxygens (including phenoxy) is 2. The maximum atomic E-state index is 5.81. The van der Waals surface area contributed by atoms with Crippen LogP contribution in [0.25, 0.3) is 10.9 Å². The van der Waals surface area contributed by atoms with E-state index < -0.39 is 0 Å². The molecule has 3 heteroatoms. The number of rotatable bonds is 5. The van der Waals surface area contributed by atoms with Crippen LogP contribution in [0, 0.1) is 6.92 Å². The average Bonchev–Trinajstić information content (AvgIpc) is 2.84. The number of aryl methyl sites for hydroxylation is 1. The van der Waals surface area contributed by atoms with Gasteiger partial charge in [-0.3, -0.25) is 0 Å². The molecule has 0 saturated heterocycles. The Morgan fingerprint density at radius 2 is 1.67 bits per heavy atom. The third-order valence-electron chi connectivity index (χ3n) is 3.66. The molecule has 0 aliphatic rings. The van der Waals surface area contributed by atoms with E-state index in [0.717, 1.165) is 18.0 Å². The molecule has 0 saturated carbocycles. The number of para-hydroxylation sites is 1. The number of hydrogen-bond donors (Lipinski definition) is 0. The average molecular weight is 281 g/mol. The lowest BCUT2D eigenvalue weighted by molar-refractivity contribution is 0.299. The van der Waals surface area contributed by atoms with Gasteiger partial charge in [-0.15, -0.1) is 0 Å². The van der Waals surface area contributed by atoms with Crippen molar-refractivity contribution in [3.8, 4) is 11.5 Å². The summed E-state index contributed by atoms with van der Waals surface area (Å²) < 4.78 is 13.2. The molecule has 108 valence electrons. The topological polar surface area (TPSA) is 23.4 Å². The first-order chi connectivity index (χ1) is 10.3. The maximum absolute atomic E-state index is 5.81. The van der Waals surface area contributed by atoms with Crippen molar-refractivity contribution in [2.24, 2.45) is 0 Å². The Bertz CT molecular complexity index is 729. The molecule has 0 fully saturated rings. The highest BCUT2D eigenvalue weighted by Crippen LogP contribution is 2.20. The first kappa shape index (κ1) is 13.6. The monoisotopic (exact) mass is 281 g/mol. The highest BCUT2D eigenvalue weighted by Gasteiger charge is 2.04. The van der Waals surface area contributed by atoms with Gasteiger partial charge in [0.25, 0.3) is 0 Å². The van der Waals surface area contributed by atoms with Gasteiger partial charge in [-0.05, 0) is 48.7 Å². The van der Waals surface area contributed by atoms with Crippen LogP contribution in [0.1, 0.15) is 5.69 Å². The van der Waals surface area contributed by atoms with E-state index in [1.165, 1.54) is 16.6 Å². The Labute approximate surface area is 124 Å². The number of nitrogens with zero attached hydrogens (tertiary/aromatic N) is 1. The zero-order valence-electron chi connectivity index (χ0n) is 12.4. The summed E-state index contributed by atoms with van der Waals surface area (Å²) in [6.07, 6.45) is 0. The molecule has 0 N–H and O–H groups in total. The lowest BCUT2D eigenvalue weighted by Gasteiger charge is -2.10. The van der Waals surface area contributed by atoms with E-state index in [1.807, 2.05) is 24.3 Å². The fourth-order valence-corrected chi connectivity index (χ4v) is 2.57. The summed E-state index contributed by atoms with van der Waals surface area (Å²) in [6, 6.07) is 18.3. The largest absolute Gasteiger partial charge is 0.497 e. The molecule has 0 aliphatic heterocycles. The molecule has 0 atom stereocenters. The highest BCUT2D eigenvalue weighted by atomic mass is 16.5. The number of fused-ring (bicyclic) bond motifs is 1. The fourth-order valence-electron chi connectivity index (χ4n) is 2.57. The molecular weight excluding hydrogens is 262 g/mol. The van der Waals surface area contributed by atoms with Crippen LogP contribution >= 0.6 is 0 Å². The van der Waals surface area contributed by atoms with E-state index >= 15 is 0 Å². The second-order valence-corrected chi connectivity index (χ2v) is 5.02. The summed E-state index contributed by atoms with van der Waals surface area (Å²) >= 11 is 0. The van der Waals surface area contributed by atoms with Crippen molar-refractivity contribution in [3.63, 3.8) is 0 Å². The Morgan fingerprint density at radius 3 is 2.43 bits per heavy atom. The molecule has 3 nitrogen and oxygen atoms in total. The maximum Gasteiger partial charge on any atom is 0.119 e. The quantitative estimate of drug-likeness (QED) is 0.704. The van der Waals surface area contributed by atoms with Gasteiger partial charge in [-0.1, -0.05) is 18.2 Å². The molecule has 0 aliphatic carbocycles. The van der Waals surface area contributed by atoms with Crippen molar-refractivity contribution < 1.29 is 9.47 Å². The van der Waals surface area contributed by atoms with Crippen molar-refractivity contribution in [3.05, 3.63) is 60.3 Å². The molecule has 0 unspecified atom stereocenters. The van der Waals surface area contributed by atoms with E-state index in [-0.39, 0.29) is 0 Å². The van der Waals surface area contributed by atoms with Crippen molar-refractivity contribution in [1.29, 1.82) is 0 Å². The third kappa shape index (κ3) is 2.87. The van der Waals surface area contributed by atoms with Gasteiger partial charge in [0.15, 0.2) is 0 Å². The van der Waals surface area contributed by atoms with Crippen molar-refractivity contribution in [1.82, 2.24) is 4.57 Å². The first-order valence-corrected chi connectivity index (χ1v) is 7.09. The van der Waals surface area contributed by atoms with Gasteiger partial charge in [0.1, 0.15) is 18.1 Å². The van der Waals surface area contributed by atoms with Gasteiger partial charge in [0, 0.05) is 11.2 Å². The van der Waals surface area contributed by atoms with Gasteiger partial charge < -0.3 is 14.0 Å². The fraction of sp³-hybridized carbons (Fsp3) is 0.222. The standard InChI is InChI=1S/C18H19NO2/c1-14-13-15-5-3-4-6-18(15)19(14)11-12-21-17-9-7-16(20-2)8-10-17/h3-10,13H,11-12H2,1-2H3. The Hall–Kier alpha value is -2.42. The van der Waals surface area contributed by atoms with Crippen molar-refractivity contribution in [2.45, 2.75) is 13.5 Å². The van der Waals surface area contributed by atoms with E-state index in [9.17, 15) is 0 Å². The van der Waals surface area contributed by atoms with E-state index in [1.54, 1.807) is 7.11 Å². The Morgan fingerprint density at radius 1 is 0.952 bits per heavy atom. The predicted octanol–water partition coefficient (Wildman–Crippen LogP) is 4.04. The van der Waals surface area contributed by atoms with Crippen molar-refractivity contribution in [2.75, 3.05) is 13.7 Å². The smallest absolute Gasteiger partial charge is 0.119 e. The lowest BCUT2D eigenvalue weighted by Crippen LogP contribution is -2.09. The molecular formula is C18H19NO2. The minimum absolute atomic E-state index is 0.645. The normalized spacial score (nSPS) is 10.8. The van der Waals surface area contributed by atoms with Crippen LogP contribution in [0.5, 0.6) is 11.5 Å². The summed E-state index contributed by atoms with van der Waals surface area (Å²) in [7, 11) is 1.66. The van der Waals surface area contributed by atoms with Crippen LogP contribution in [0.15, 0.2) is 54.6 Å². The molecule has 0 amide bonds. The van der Waals surface area contributed by atoms with Gasteiger partial charge in [-0.25, -0.2) is 0 Å². The van der Waals surface area contributed by atoms with Crippen molar-refractivity contribution >= 4 is 10.9 Å². The molecule has 0 radical (unpaired) electrons. The van der Waals surface area contributed by atoms with Gasteiger partial charge in [0.05, 0.1) is 13.7 Å². The molecule has 1 heterocycles. The van der Waals surface area contributed by atoms with E-state index in [4.69, 9.17) is 9.47 Å². The number of aromatic nitrogens is 1. The molecule has 21 heavy (non-hydrogen) atoms. The second kappa shape index (κ2) is 5.92.